The van der Waals surface area contributed by atoms with E-state index in [9.17, 15) is 19.0 Å². The van der Waals surface area contributed by atoms with E-state index in [1.54, 1.807) is 14.2 Å². The summed E-state index contributed by atoms with van der Waals surface area (Å²) in [5.74, 6) is -0.600. The molecule has 0 bridgehead atoms. The van der Waals surface area contributed by atoms with Crippen LogP contribution in [0.1, 0.15) is 62.7 Å². The molecule has 11 rings (SSSR count). The van der Waals surface area contributed by atoms with Crippen molar-refractivity contribution in [3.8, 4) is 11.8 Å². The van der Waals surface area contributed by atoms with Crippen molar-refractivity contribution in [2.75, 3.05) is 25.7 Å². The molecule has 1 saturated heterocycles. The van der Waals surface area contributed by atoms with Crippen molar-refractivity contribution in [3.63, 3.8) is 0 Å². The first kappa shape index (κ1) is 44.2. The number of halogens is 2. The number of anilines is 2. The van der Waals surface area contributed by atoms with Gasteiger partial charge in [0.25, 0.3) is 0 Å². The fraction of sp³-hybridized carbons (Fsp3) is 0.388. The second-order valence-electron chi connectivity index (χ2n) is 18.2. The molecule has 3 aliphatic rings. The molecule has 2 aliphatic carbocycles. The minimum absolute atomic E-state index is 0.0143. The molecular weight excluding hydrogens is 863 g/mol. The number of fused-ring (bicyclic) bond motifs is 5. The lowest BCUT2D eigenvalue weighted by Gasteiger charge is -2.24. The third kappa shape index (κ3) is 8.32. The third-order valence-corrected chi connectivity index (χ3v) is 13.7. The summed E-state index contributed by atoms with van der Waals surface area (Å²) in [6.07, 6.45) is 9.69. The summed E-state index contributed by atoms with van der Waals surface area (Å²) < 4.78 is 55.0. The number of aromatic nitrogens is 8. The van der Waals surface area contributed by atoms with Crippen molar-refractivity contribution in [1.82, 2.24) is 39.0 Å². The Kier molecular flexibility index (Phi) is 11.6. The van der Waals surface area contributed by atoms with Gasteiger partial charge in [-0.15, -0.1) is 0 Å². The summed E-state index contributed by atoms with van der Waals surface area (Å²) in [5, 5.41) is 24.6. The summed E-state index contributed by atoms with van der Waals surface area (Å²) in [4.78, 5) is 25.6. The molecule has 8 atom stereocenters. The molecule has 18 heteroatoms. The van der Waals surface area contributed by atoms with Crippen molar-refractivity contribution >= 4 is 55.5 Å². The van der Waals surface area contributed by atoms with Crippen LogP contribution in [0.5, 0.6) is 11.8 Å². The molecule has 2 aromatic carbocycles. The second kappa shape index (κ2) is 17.6. The quantitative estimate of drug-likeness (QED) is 0.108. The van der Waals surface area contributed by atoms with Gasteiger partial charge in [-0.3, -0.25) is 0 Å². The summed E-state index contributed by atoms with van der Waals surface area (Å²) in [6, 6.07) is 18.0. The Balaban J connectivity index is 0.000000157. The number of nitrogens with zero attached hydrogens (tertiary/aromatic N) is 8. The van der Waals surface area contributed by atoms with Gasteiger partial charge < -0.3 is 49.8 Å². The maximum atomic E-state index is 13.8. The highest BCUT2D eigenvalue weighted by Crippen LogP contribution is 2.49. The van der Waals surface area contributed by atoms with E-state index in [0.29, 0.717) is 59.0 Å². The van der Waals surface area contributed by atoms with Crippen LogP contribution in [0.4, 0.5) is 20.4 Å². The van der Waals surface area contributed by atoms with Crippen LogP contribution in [0.15, 0.2) is 85.7 Å². The summed E-state index contributed by atoms with van der Waals surface area (Å²) >= 11 is 0. The SMILES string of the molecule is COc1ncnc2c1ccn2[C@@H]1C[C@H](CCc2ccc3cc(F)c(N)nc3c2)[C@@H](O)[C@H]1O.COc1ncnc2c1ccn2[C@@H]1C[C@H](CCc2ccc3cc(F)c(N)nc3c2)[C@H]2OC(C)(C)O[C@H]21. The van der Waals surface area contributed by atoms with Crippen LogP contribution in [0.3, 0.4) is 0 Å². The predicted molar refractivity (Wildman–Crippen MR) is 247 cm³/mol. The minimum Gasteiger partial charge on any atom is -0.480 e. The first-order valence-electron chi connectivity index (χ1n) is 22.4. The summed E-state index contributed by atoms with van der Waals surface area (Å²) in [6.45, 7) is 3.94. The van der Waals surface area contributed by atoms with Gasteiger partial charge in [-0.1, -0.05) is 24.3 Å². The largest absolute Gasteiger partial charge is 0.480 e. The molecule has 0 amide bonds. The average molecular weight is 915 g/mol. The lowest BCUT2D eigenvalue weighted by Crippen LogP contribution is -2.29. The fourth-order valence-corrected chi connectivity index (χ4v) is 10.4. The number of methoxy groups -OCH3 is 2. The van der Waals surface area contributed by atoms with Gasteiger partial charge in [0.05, 0.1) is 60.3 Å². The Morgan fingerprint density at radius 1 is 0.657 bits per heavy atom. The smallest absolute Gasteiger partial charge is 0.225 e. The third-order valence-electron chi connectivity index (χ3n) is 13.7. The van der Waals surface area contributed by atoms with Crippen molar-refractivity contribution in [3.05, 3.63) is 108 Å². The highest BCUT2D eigenvalue weighted by Gasteiger charge is 2.54. The van der Waals surface area contributed by atoms with E-state index in [1.807, 2.05) is 79.3 Å². The number of hydrogen-bond donors (Lipinski definition) is 4. The molecule has 6 aromatic heterocycles. The number of nitrogens with two attached hydrogens (primary N) is 2. The van der Waals surface area contributed by atoms with Gasteiger partial charge in [-0.2, -0.15) is 0 Å². The zero-order chi connectivity index (χ0) is 46.7. The zero-order valence-corrected chi connectivity index (χ0v) is 37.5. The van der Waals surface area contributed by atoms with Crippen LogP contribution in [-0.2, 0) is 22.3 Å². The Labute approximate surface area is 383 Å². The summed E-state index contributed by atoms with van der Waals surface area (Å²) in [7, 11) is 3.17. The second-order valence-corrected chi connectivity index (χ2v) is 18.2. The van der Waals surface area contributed by atoms with E-state index in [0.717, 1.165) is 52.2 Å². The van der Waals surface area contributed by atoms with E-state index in [2.05, 4.69) is 34.5 Å². The van der Waals surface area contributed by atoms with Crippen molar-refractivity contribution in [2.45, 2.75) is 94.7 Å². The topological polar surface area (TPSA) is 217 Å². The molecule has 16 nitrogen and oxygen atoms in total. The van der Waals surface area contributed by atoms with Crippen molar-refractivity contribution in [2.24, 2.45) is 11.8 Å². The Hall–Kier alpha value is -6.60. The Morgan fingerprint density at radius 2 is 1.15 bits per heavy atom. The molecule has 0 radical (unpaired) electrons. The van der Waals surface area contributed by atoms with E-state index in [4.69, 9.17) is 30.4 Å². The van der Waals surface area contributed by atoms with E-state index < -0.39 is 29.6 Å². The maximum absolute atomic E-state index is 13.8. The van der Waals surface area contributed by atoms with Gasteiger partial charge in [-0.05, 0) is 112 Å². The van der Waals surface area contributed by atoms with Crippen LogP contribution >= 0.6 is 0 Å². The van der Waals surface area contributed by atoms with Crippen LogP contribution in [0.25, 0.3) is 43.9 Å². The van der Waals surface area contributed by atoms with E-state index in [1.165, 1.54) is 24.8 Å². The number of aryl methyl sites for hydroxylation is 2. The number of hydrogen-bond acceptors (Lipinski definition) is 14. The fourth-order valence-electron chi connectivity index (χ4n) is 10.4. The molecule has 1 aliphatic heterocycles. The molecule has 7 heterocycles. The van der Waals surface area contributed by atoms with Gasteiger partial charge in [0.2, 0.25) is 11.8 Å². The lowest BCUT2D eigenvalue weighted by molar-refractivity contribution is -0.160. The van der Waals surface area contributed by atoms with Gasteiger partial charge in [0.1, 0.15) is 36.2 Å². The molecule has 0 spiro atoms. The van der Waals surface area contributed by atoms with Crippen LogP contribution < -0.4 is 20.9 Å². The van der Waals surface area contributed by atoms with Crippen molar-refractivity contribution in [1.29, 1.82) is 0 Å². The van der Waals surface area contributed by atoms with Gasteiger partial charge in [0.15, 0.2) is 29.1 Å². The Bertz CT molecular complexity index is 3130. The van der Waals surface area contributed by atoms with Crippen LogP contribution in [0.2, 0.25) is 0 Å². The number of ether oxygens (including phenoxy) is 4. The molecule has 8 aromatic rings. The van der Waals surface area contributed by atoms with Gasteiger partial charge in [-0.25, -0.2) is 38.7 Å². The highest BCUT2D eigenvalue weighted by molar-refractivity contribution is 5.83. The highest BCUT2D eigenvalue weighted by atomic mass is 19.1. The minimum atomic E-state index is -0.905. The monoisotopic (exact) mass is 914 g/mol. The lowest BCUT2D eigenvalue weighted by atomic mass is 9.95. The van der Waals surface area contributed by atoms with Crippen LogP contribution in [-0.4, -0.2) is 93.7 Å². The molecule has 3 fully saturated rings. The van der Waals surface area contributed by atoms with E-state index in [-0.39, 0.29) is 41.8 Å². The molecule has 348 valence electrons. The predicted octanol–water partition coefficient (Wildman–Crippen LogP) is 7.05. The Morgan fingerprint density at radius 3 is 1.69 bits per heavy atom. The maximum Gasteiger partial charge on any atom is 0.225 e. The number of benzene rings is 2. The summed E-state index contributed by atoms with van der Waals surface area (Å²) in [5.41, 5.74) is 16.3. The zero-order valence-electron chi connectivity index (χ0n) is 37.5. The average Bonchev–Trinajstić information content (AvgIpc) is 4.14. The number of nitrogen functional groups attached to an aromatic ring is 2. The number of aliphatic hydroxyl groups excluding tert-OH is 2. The van der Waals surface area contributed by atoms with Gasteiger partial charge >= 0.3 is 0 Å². The van der Waals surface area contributed by atoms with Gasteiger partial charge in [0, 0.05) is 23.2 Å². The molecular formula is C49H52F2N10O6. The molecule has 6 N–H and O–H groups in total. The normalized spacial score (nSPS) is 24.4. The first-order valence-corrected chi connectivity index (χ1v) is 22.4. The first-order chi connectivity index (χ1) is 32.3. The number of pyridine rings is 2. The van der Waals surface area contributed by atoms with Crippen molar-refractivity contribution < 1.29 is 37.9 Å². The molecule has 67 heavy (non-hydrogen) atoms. The number of aliphatic hydroxyl groups is 2. The van der Waals surface area contributed by atoms with E-state index >= 15 is 0 Å². The standard InChI is InChI=1S/C26H28FN5O3.C23H24FN5O3/c1-26(2)34-21-16(7-5-14-4-6-15-11-18(27)23(28)31-19(15)10-14)12-20(22(21)35-26)32-9-8-17-24(32)29-13-30-25(17)33-3;1-32-23-15-6-7-29(22(15)26-11-27-23)18-10-14(19(30)20(18)31)5-3-12-2-4-13-9-16(24)21(25)28-17(13)8-12/h4,6,8-11,13,16,20-22H,5,7,12H2,1-3H3,(H2,28,31);2,4,6-9,11,14,18-20,30-31H,3,5,10H2,1H3,(H2,25,28)/t16-,20+,21+,22-;14-,18+,19+,20-/m00/s1. The van der Waals surface area contributed by atoms with Crippen LogP contribution in [0, 0.1) is 23.5 Å². The number of rotatable bonds is 10. The molecule has 0 unspecified atom stereocenters. The molecule has 2 saturated carbocycles.